The molecule has 104 valence electrons. The van der Waals surface area contributed by atoms with Crippen molar-refractivity contribution in [1.29, 1.82) is 0 Å². The smallest absolute Gasteiger partial charge is 0.339 e. The van der Waals surface area contributed by atoms with Gasteiger partial charge >= 0.3 is 5.97 Å². The van der Waals surface area contributed by atoms with Crippen molar-refractivity contribution in [2.45, 2.75) is 0 Å². The summed E-state index contributed by atoms with van der Waals surface area (Å²) in [6, 6.07) is 6.23. The number of carbonyl (C=O) groups is 1. The Morgan fingerprint density at radius 3 is 2.65 bits per heavy atom. The minimum Gasteiger partial charge on any atom is -0.497 e. The first kappa shape index (κ1) is 14.8. The second-order valence-corrected chi connectivity index (χ2v) is 5.48. The average Bonchev–Trinajstić information content (AvgIpc) is 2.41. The van der Waals surface area contributed by atoms with Gasteiger partial charge in [0.1, 0.15) is 17.1 Å². The molecule has 1 heterocycles. The van der Waals surface area contributed by atoms with Crippen molar-refractivity contribution in [3.05, 3.63) is 45.0 Å². The van der Waals surface area contributed by atoms with E-state index in [0.29, 0.717) is 10.2 Å². The lowest BCUT2D eigenvalue weighted by Crippen LogP contribution is -2.01. The maximum absolute atomic E-state index is 11.2. The van der Waals surface area contributed by atoms with E-state index in [-0.39, 0.29) is 17.2 Å². The second-order valence-electron chi connectivity index (χ2n) is 3.71. The van der Waals surface area contributed by atoms with Crippen LogP contribution in [0.25, 0.3) is 0 Å². The van der Waals surface area contributed by atoms with E-state index in [2.05, 4.69) is 36.8 Å². The van der Waals surface area contributed by atoms with Crippen LogP contribution in [-0.4, -0.2) is 23.2 Å². The zero-order chi connectivity index (χ0) is 14.7. The highest BCUT2D eigenvalue weighted by molar-refractivity contribution is 9.11. The van der Waals surface area contributed by atoms with E-state index in [0.717, 1.165) is 4.47 Å². The van der Waals surface area contributed by atoms with Crippen molar-refractivity contribution in [1.82, 2.24) is 4.98 Å². The summed E-state index contributed by atoms with van der Waals surface area (Å²) in [7, 11) is 1.49. The standard InChI is InChI=1S/C13H9Br2NO4/c1-19-8-2-3-9(13(17)18)11(5-8)20-12-10(15)4-7(14)6-16-12/h2-6H,1H3,(H,17,18). The van der Waals surface area contributed by atoms with E-state index >= 15 is 0 Å². The van der Waals surface area contributed by atoms with Crippen LogP contribution in [0.1, 0.15) is 10.4 Å². The van der Waals surface area contributed by atoms with Crippen LogP contribution in [0, 0.1) is 0 Å². The molecule has 1 N–H and O–H groups in total. The van der Waals surface area contributed by atoms with Gasteiger partial charge in [-0.05, 0) is 50.1 Å². The Morgan fingerprint density at radius 2 is 2.05 bits per heavy atom. The Kier molecular flexibility index (Phi) is 4.61. The summed E-state index contributed by atoms with van der Waals surface area (Å²) in [6.07, 6.45) is 1.56. The van der Waals surface area contributed by atoms with Gasteiger partial charge in [0.25, 0.3) is 0 Å². The van der Waals surface area contributed by atoms with Gasteiger partial charge in [-0.25, -0.2) is 9.78 Å². The van der Waals surface area contributed by atoms with E-state index < -0.39 is 5.97 Å². The topological polar surface area (TPSA) is 68.7 Å². The molecule has 0 unspecified atom stereocenters. The molecule has 0 atom stereocenters. The first-order chi connectivity index (χ1) is 9.51. The number of aromatic carboxylic acids is 1. The lowest BCUT2D eigenvalue weighted by atomic mass is 10.2. The molecule has 0 aliphatic carbocycles. The van der Waals surface area contributed by atoms with Crippen molar-refractivity contribution in [2.24, 2.45) is 0 Å². The Morgan fingerprint density at radius 1 is 1.30 bits per heavy atom. The van der Waals surface area contributed by atoms with Gasteiger partial charge in [0.15, 0.2) is 0 Å². The molecule has 0 fully saturated rings. The fraction of sp³-hybridized carbons (Fsp3) is 0.0769. The van der Waals surface area contributed by atoms with E-state index in [9.17, 15) is 4.79 Å². The number of carboxylic acids is 1. The number of ether oxygens (including phenoxy) is 2. The Labute approximate surface area is 131 Å². The van der Waals surface area contributed by atoms with Gasteiger partial charge in [-0.15, -0.1) is 0 Å². The number of aromatic nitrogens is 1. The summed E-state index contributed by atoms with van der Waals surface area (Å²) in [4.78, 5) is 15.3. The average molecular weight is 403 g/mol. The molecular weight excluding hydrogens is 394 g/mol. The van der Waals surface area contributed by atoms with E-state index in [4.69, 9.17) is 14.6 Å². The largest absolute Gasteiger partial charge is 0.497 e. The molecule has 0 spiro atoms. The highest BCUT2D eigenvalue weighted by Crippen LogP contribution is 2.33. The molecule has 0 aliphatic heterocycles. The van der Waals surface area contributed by atoms with E-state index in [1.165, 1.54) is 19.2 Å². The van der Waals surface area contributed by atoms with E-state index in [1.807, 2.05) is 0 Å². The van der Waals surface area contributed by atoms with E-state index in [1.54, 1.807) is 18.3 Å². The van der Waals surface area contributed by atoms with Gasteiger partial charge in [0, 0.05) is 16.7 Å². The Hall–Kier alpha value is -1.60. The van der Waals surface area contributed by atoms with Crippen LogP contribution in [0.5, 0.6) is 17.4 Å². The van der Waals surface area contributed by atoms with Crippen LogP contribution >= 0.6 is 31.9 Å². The van der Waals surface area contributed by atoms with Gasteiger partial charge < -0.3 is 14.6 Å². The number of nitrogens with zero attached hydrogens (tertiary/aromatic N) is 1. The minimum atomic E-state index is -1.09. The highest BCUT2D eigenvalue weighted by Gasteiger charge is 2.15. The molecule has 0 saturated heterocycles. The maximum atomic E-state index is 11.2. The molecular formula is C13H9Br2NO4. The molecule has 0 saturated carbocycles. The van der Waals surface area contributed by atoms with Crippen molar-refractivity contribution < 1.29 is 19.4 Å². The number of carboxylic acid groups (broad SMARTS) is 1. The third-order valence-electron chi connectivity index (χ3n) is 2.40. The zero-order valence-electron chi connectivity index (χ0n) is 10.3. The van der Waals surface area contributed by atoms with Crippen LogP contribution in [0.3, 0.4) is 0 Å². The summed E-state index contributed by atoms with van der Waals surface area (Å²) in [5.41, 5.74) is 0.0300. The molecule has 5 nitrogen and oxygen atoms in total. The summed E-state index contributed by atoms with van der Waals surface area (Å²) >= 11 is 6.59. The summed E-state index contributed by atoms with van der Waals surface area (Å²) in [6.45, 7) is 0. The minimum absolute atomic E-state index is 0.0300. The predicted octanol–water partition coefficient (Wildman–Crippen LogP) is 4.11. The summed E-state index contributed by atoms with van der Waals surface area (Å²) < 4.78 is 12.0. The molecule has 20 heavy (non-hydrogen) atoms. The lowest BCUT2D eigenvalue weighted by Gasteiger charge is -2.10. The fourth-order valence-corrected chi connectivity index (χ4v) is 2.54. The number of hydrogen-bond donors (Lipinski definition) is 1. The molecule has 7 heteroatoms. The monoisotopic (exact) mass is 401 g/mol. The summed E-state index contributed by atoms with van der Waals surface area (Å²) in [5.74, 6) is -0.162. The molecule has 0 aliphatic rings. The van der Waals surface area contributed by atoms with Crippen LogP contribution in [0.4, 0.5) is 0 Å². The van der Waals surface area contributed by atoms with Crippen LogP contribution in [-0.2, 0) is 0 Å². The molecule has 2 rings (SSSR count). The SMILES string of the molecule is COc1ccc(C(=O)O)c(Oc2ncc(Br)cc2Br)c1. The van der Waals surface area contributed by atoms with Crippen molar-refractivity contribution in [3.63, 3.8) is 0 Å². The molecule has 0 amide bonds. The van der Waals surface area contributed by atoms with Gasteiger partial charge in [0.05, 0.1) is 11.6 Å². The third kappa shape index (κ3) is 3.29. The van der Waals surface area contributed by atoms with Gasteiger partial charge in [-0.1, -0.05) is 0 Å². The summed E-state index contributed by atoms with van der Waals surface area (Å²) in [5, 5.41) is 9.16. The van der Waals surface area contributed by atoms with Gasteiger partial charge in [-0.2, -0.15) is 0 Å². The first-order valence-electron chi connectivity index (χ1n) is 5.41. The van der Waals surface area contributed by atoms with Crippen LogP contribution in [0.2, 0.25) is 0 Å². The second kappa shape index (κ2) is 6.23. The number of methoxy groups -OCH3 is 1. The van der Waals surface area contributed by atoms with Crippen molar-refractivity contribution in [3.8, 4) is 17.4 Å². The predicted molar refractivity (Wildman–Crippen MR) is 79.7 cm³/mol. The number of hydrogen-bond acceptors (Lipinski definition) is 4. The quantitative estimate of drug-likeness (QED) is 0.833. The Balaban J connectivity index is 2.43. The number of rotatable bonds is 4. The number of halogens is 2. The molecule has 0 radical (unpaired) electrons. The zero-order valence-corrected chi connectivity index (χ0v) is 13.4. The molecule has 0 bridgehead atoms. The molecule has 1 aromatic carbocycles. The van der Waals surface area contributed by atoms with Crippen molar-refractivity contribution >= 4 is 37.8 Å². The van der Waals surface area contributed by atoms with Crippen LogP contribution in [0.15, 0.2) is 39.4 Å². The number of pyridine rings is 1. The maximum Gasteiger partial charge on any atom is 0.339 e. The molecule has 1 aromatic heterocycles. The fourth-order valence-electron chi connectivity index (χ4n) is 1.47. The Bertz CT molecular complexity index is 661. The highest BCUT2D eigenvalue weighted by atomic mass is 79.9. The lowest BCUT2D eigenvalue weighted by molar-refractivity contribution is 0.0694. The first-order valence-corrected chi connectivity index (χ1v) is 7.00. The van der Waals surface area contributed by atoms with Gasteiger partial charge in [-0.3, -0.25) is 0 Å². The number of benzene rings is 1. The van der Waals surface area contributed by atoms with Crippen LogP contribution < -0.4 is 9.47 Å². The third-order valence-corrected chi connectivity index (χ3v) is 3.40. The molecule has 2 aromatic rings. The normalized spacial score (nSPS) is 10.2. The van der Waals surface area contributed by atoms with Gasteiger partial charge in [0.2, 0.25) is 5.88 Å². The van der Waals surface area contributed by atoms with Crippen molar-refractivity contribution in [2.75, 3.05) is 7.11 Å².